The van der Waals surface area contributed by atoms with Gasteiger partial charge in [-0.3, -0.25) is 0 Å². The zero-order chi connectivity index (χ0) is 14.7. The average molecular weight is 329 g/mol. The minimum absolute atomic E-state index is 0.186. The van der Waals surface area contributed by atoms with Crippen LogP contribution in [0.15, 0.2) is 36.4 Å². The SMILES string of the molecule is CNC(Cc1ccc(Cl)c(Cl)c1)c1ccc(C)c(Cl)c1. The van der Waals surface area contributed by atoms with Gasteiger partial charge in [-0.1, -0.05) is 53.0 Å². The summed E-state index contributed by atoms with van der Waals surface area (Å²) >= 11 is 18.2. The number of benzene rings is 2. The first-order valence-electron chi connectivity index (χ1n) is 6.38. The molecule has 0 fully saturated rings. The fraction of sp³-hybridized carbons (Fsp3) is 0.250. The van der Waals surface area contributed by atoms with Gasteiger partial charge in [0.15, 0.2) is 0 Å². The Labute approximate surface area is 134 Å². The van der Waals surface area contributed by atoms with E-state index in [2.05, 4.69) is 11.4 Å². The fourth-order valence-electron chi connectivity index (χ4n) is 2.11. The topological polar surface area (TPSA) is 12.0 Å². The van der Waals surface area contributed by atoms with Crippen molar-refractivity contribution in [1.82, 2.24) is 5.32 Å². The first kappa shape index (κ1) is 15.7. The lowest BCUT2D eigenvalue weighted by Gasteiger charge is -2.18. The Kier molecular flexibility index (Phi) is 5.34. The number of hydrogen-bond donors (Lipinski definition) is 1. The van der Waals surface area contributed by atoms with Crippen LogP contribution in [0.1, 0.15) is 22.7 Å². The van der Waals surface area contributed by atoms with Crippen molar-refractivity contribution >= 4 is 34.8 Å². The predicted molar refractivity (Wildman–Crippen MR) is 88.2 cm³/mol. The molecule has 1 unspecified atom stereocenters. The molecular formula is C16H16Cl3N. The molecule has 0 saturated carbocycles. The second-order valence-corrected chi connectivity index (χ2v) is 6.02. The van der Waals surface area contributed by atoms with Gasteiger partial charge in [0.25, 0.3) is 0 Å². The van der Waals surface area contributed by atoms with Gasteiger partial charge in [0.05, 0.1) is 10.0 Å². The van der Waals surface area contributed by atoms with Gasteiger partial charge in [0, 0.05) is 11.1 Å². The summed E-state index contributed by atoms with van der Waals surface area (Å²) in [5, 5.41) is 5.26. The van der Waals surface area contributed by atoms with E-state index in [1.807, 2.05) is 44.3 Å². The quantitative estimate of drug-likeness (QED) is 0.786. The predicted octanol–water partition coefficient (Wildman–Crippen LogP) is 5.46. The maximum atomic E-state index is 6.20. The van der Waals surface area contributed by atoms with Crippen molar-refractivity contribution in [1.29, 1.82) is 0 Å². The molecule has 2 aromatic rings. The van der Waals surface area contributed by atoms with Gasteiger partial charge in [0.2, 0.25) is 0 Å². The van der Waals surface area contributed by atoms with E-state index >= 15 is 0 Å². The van der Waals surface area contributed by atoms with Gasteiger partial charge in [-0.2, -0.15) is 0 Å². The molecule has 0 heterocycles. The number of hydrogen-bond acceptors (Lipinski definition) is 1. The highest BCUT2D eigenvalue weighted by molar-refractivity contribution is 6.42. The van der Waals surface area contributed by atoms with E-state index < -0.39 is 0 Å². The van der Waals surface area contributed by atoms with Crippen LogP contribution >= 0.6 is 34.8 Å². The smallest absolute Gasteiger partial charge is 0.0595 e. The maximum Gasteiger partial charge on any atom is 0.0595 e. The Balaban J connectivity index is 2.23. The maximum absolute atomic E-state index is 6.20. The summed E-state index contributed by atoms with van der Waals surface area (Å²) in [6.45, 7) is 2.00. The highest BCUT2D eigenvalue weighted by atomic mass is 35.5. The van der Waals surface area contributed by atoms with Crippen LogP contribution in [0.4, 0.5) is 0 Å². The van der Waals surface area contributed by atoms with Crippen molar-refractivity contribution in [3.05, 3.63) is 68.2 Å². The Morgan fingerprint density at radius 2 is 1.70 bits per heavy atom. The molecule has 0 spiro atoms. The van der Waals surface area contributed by atoms with E-state index in [1.165, 1.54) is 0 Å². The molecule has 1 atom stereocenters. The van der Waals surface area contributed by atoms with Gasteiger partial charge in [-0.25, -0.2) is 0 Å². The molecule has 0 aliphatic rings. The first-order chi connectivity index (χ1) is 9.51. The Morgan fingerprint density at radius 3 is 2.30 bits per heavy atom. The van der Waals surface area contributed by atoms with Crippen LogP contribution in [0.3, 0.4) is 0 Å². The van der Waals surface area contributed by atoms with Crippen LogP contribution in [-0.2, 0) is 6.42 Å². The lowest BCUT2D eigenvalue weighted by molar-refractivity contribution is 0.592. The Bertz CT molecular complexity index is 611. The van der Waals surface area contributed by atoms with Gasteiger partial charge < -0.3 is 5.32 Å². The van der Waals surface area contributed by atoms with E-state index in [9.17, 15) is 0 Å². The summed E-state index contributed by atoms with van der Waals surface area (Å²) in [4.78, 5) is 0. The monoisotopic (exact) mass is 327 g/mol. The third-order valence-electron chi connectivity index (χ3n) is 3.37. The molecule has 2 rings (SSSR count). The minimum Gasteiger partial charge on any atom is -0.313 e. The zero-order valence-electron chi connectivity index (χ0n) is 11.4. The molecule has 1 N–H and O–H groups in total. The van der Waals surface area contributed by atoms with Crippen molar-refractivity contribution < 1.29 is 0 Å². The van der Waals surface area contributed by atoms with Crippen molar-refractivity contribution in [2.24, 2.45) is 0 Å². The van der Waals surface area contributed by atoms with Crippen molar-refractivity contribution in [3.8, 4) is 0 Å². The van der Waals surface area contributed by atoms with Crippen LogP contribution in [0.5, 0.6) is 0 Å². The van der Waals surface area contributed by atoms with Crippen molar-refractivity contribution in [2.45, 2.75) is 19.4 Å². The van der Waals surface area contributed by atoms with E-state index in [4.69, 9.17) is 34.8 Å². The van der Waals surface area contributed by atoms with E-state index in [-0.39, 0.29) is 6.04 Å². The summed E-state index contributed by atoms with van der Waals surface area (Å²) in [7, 11) is 1.94. The molecule has 4 heteroatoms. The van der Waals surface area contributed by atoms with Crippen LogP contribution in [0, 0.1) is 6.92 Å². The number of nitrogens with one attached hydrogen (secondary N) is 1. The number of likely N-dealkylation sites (N-methyl/N-ethyl adjacent to an activating group) is 1. The second kappa shape index (κ2) is 6.82. The van der Waals surface area contributed by atoms with Crippen LogP contribution in [0.2, 0.25) is 15.1 Å². The van der Waals surface area contributed by atoms with Gasteiger partial charge in [-0.05, 0) is 55.3 Å². The highest BCUT2D eigenvalue weighted by Crippen LogP contribution is 2.27. The standard InChI is InChI=1S/C16H16Cl3N/c1-10-3-5-12(9-14(10)18)16(20-2)8-11-4-6-13(17)15(19)7-11/h3-7,9,16,20H,8H2,1-2H3. The summed E-state index contributed by atoms with van der Waals surface area (Å²) in [6.07, 6.45) is 0.826. The van der Waals surface area contributed by atoms with E-state index in [0.29, 0.717) is 10.0 Å². The van der Waals surface area contributed by atoms with E-state index in [1.54, 1.807) is 0 Å². The lowest BCUT2D eigenvalue weighted by atomic mass is 9.98. The van der Waals surface area contributed by atoms with Crippen molar-refractivity contribution in [3.63, 3.8) is 0 Å². The average Bonchev–Trinajstić information content (AvgIpc) is 2.43. The summed E-state index contributed by atoms with van der Waals surface area (Å²) in [5.41, 5.74) is 3.38. The molecule has 0 radical (unpaired) electrons. The number of aryl methyl sites for hydroxylation is 1. The Hall–Kier alpha value is -0.730. The van der Waals surface area contributed by atoms with Gasteiger partial charge in [0.1, 0.15) is 0 Å². The molecule has 20 heavy (non-hydrogen) atoms. The zero-order valence-corrected chi connectivity index (χ0v) is 13.7. The van der Waals surface area contributed by atoms with Crippen molar-refractivity contribution in [2.75, 3.05) is 7.05 Å². The van der Waals surface area contributed by atoms with Gasteiger partial charge >= 0.3 is 0 Å². The molecule has 0 amide bonds. The number of halogens is 3. The summed E-state index contributed by atoms with van der Waals surface area (Å²) < 4.78 is 0. The third-order valence-corrected chi connectivity index (χ3v) is 4.52. The molecule has 106 valence electrons. The van der Waals surface area contributed by atoms with Crippen LogP contribution in [0.25, 0.3) is 0 Å². The molecule has 0 aromatic heterocycles. The van der Waals surface area contributed by atoms with Crippen LogP contribution < -0.4 is 5.32 Å². The van der Waals surface area contributed by atoms with Gasteiger partial charge in [-0.15, -0.1) is 0 Å². The lowest BCUT2D eigenvalue weighted by Crippen LogP contribution is -2.18. The summed E-state index contributed by atoms with van der Waals surface area (Å²) in [6, 6.07) is 12.1. The molecular weight excluding hydrogens is 313 g/mol. The number of rotatable bonds is 4. The minimum atomic E-state index is 0.186. The Morgan fingerprint density at radius 1 is 0.950 bits per heavy atom. The highest BCUT2D eigenvalue weighted by Gasteiger charge is 2.12. The second-order valence-electron chi connectivity index (χ2n) is 4.80. The fourth-order valence-corrected chi connectivity index (χ4v) is 2.62. The molecule has 0 saturated heterocycles. The normalized spacial score (nSPS) is 12.4. The summed E-state index contributed by atoms with van der Waals surface area (Å²) in [5.74, 6) is 0. The molecule has 0 aliphatic carbocycles. The van der Waals surface area contributed by atoms with E-state index in [0.717, 1.165) is 28.1 Å². The molecule has 1 nitrogen and oxygen atoms in total. The van der Waals surface area contributed by atoms with Crippen LogP contribution in [-0.4, -0.2) is 7.05 Å². The molecule has 0 bridgehead atoms. The third kappa shape index (κ3) is 3.67. The largest absolute Gasteiger partial charge is 0.313 e. The molecule has 2 aromatic carbocycles. The first-order valence-corrected chi connectivity index (χ1v) is 7.52. The molecule has 0 aliphatic heterocycles.